The second-order valence-electron chi connectivity index (χ2n) is 8.40. The first-order valence-electron chi connectivity index (χ1n) is 11.7. The highest BCUT2D eigenvalue weighted by atomic mass is 16.5. The van der Waals surface area contributed by atoms with E-state index in [2.05, 4.69) is 15.3 Å². The summed E-state index contributed by atoms with van der Waals surface area (Å²) in [6, 6.07) is 19.6. The van der Waals surface area contributed by atoms with Crippen LogP contribution in [-0.4, -0.2) is 34.7 Å². The molecule has 0 aliphatic rings. The third kappa shape index (κ3) is 4.90. The van der Waals surface area contributed by atoms with Crippen molar-refractivity contribution in [3.05, 3.63) is 107 Å². The van der Waals surface area contributed by atoms with Crippen molar-refractivity contribution >= 4 is 22.5 Å². The van der Waals surface area contributed by atoms with Crippen LogP contribution in [0.15, 0.2) is 90.1 Å². The van der Waals surface area contributed by atoms with Crippen LogP contribution in [0.3, 0.4) is 0 Å². The van der Waals surface area contributed by atoms with Gasteiger partial charge in [-0.1, -0.05) is 17.7 Å². The minimum Gasteiger partial charge on any atom is -0.493 e. The maximum atomic E-state index is 12.9. The summed E-state index contributed by atoms with van der Waals surface area (Å²) >= 11 is 0. The molecule has 5 rings (SSSR count). The number of nitrogens with one attached hydrogen (secondary N) is 1. The highest BCUT2D eigenvalue weighted by Crippen LogP contribution is 2.37. The topological polar surface area (TPSA) is 105 Å². The Morgan fingerprint density at radius 1 is 0.842 bits per heavy atom. The first-order chi connectivity index (χ1) is 18.5. The van der Waals surface area contributed by atoms with Crippen LogP contribution >= 0.6 is 0 Å². The number of methoxy groups -OCH3 is 2. The molecule has 0 fully saturated rings. The molecule has 0 atom stereocenters. The molecule has 9 nitrogen and oxygen atoms in total. The lowest BCUT2D eigenvalue weighted by molar-refractivity contribution is 0.102. The molecule has 0 saturated heterocycles. The van der Waals surface area contributed by atoms with Crippen LogP contribution in [0.1, 0.15) is 16.1 Å². The van der Waals surface area contributed by atoms with Crippen LogP contribution in [-0.2, 0) is 0 Å². The van der Waals surface area contributed by atoms with E-state index in [1.54, 1.807) is 62.9 Å². The lowest BCUT2D eigenvalue weighted by atomic mass is 10.2. The predicted molar refractivity (Wildman–Crippen MR) is 144 cm³/mol. The van der Waals surface area contributed by atoms with Crippen molar-refractivity contribution in [2.24, 2.45) is 0 Å². The smallest absolute Gasteiger partial charge is 0.286 e. The lowest BCUT2D eigenvalue weighted by Gasteiger charge is -2.13. The number of amides is 1. The highest BCUT2D eigenvalue weighted by molar-refractivity contribution is 6.02. The van der Waals surface area contributed by atoms with Gasteiger partial charge in [0.25, 0.3) is 11.5 Å². The summed E-state index contributed by atoms with van der Waals surface area (Å²) in [5, 5.41) is 3.48. The van der Waals surface area contributed by atoms with E-state index in [1.165, 1.54) is 17.0 Å². The lowest BCUT2D eigenvalue weighted by Crippen LogP contribution is -2.29. The van der Waals surface area contributed by atoms with E-state index >= 15 is 0 Å². The summed E-state index contributed by atoms with van der Waals surface area (Å²) in [6.45, 7) is 1.96. The van der Waals surface area contributed by atoms with Gasteiger partial charge in [-0.3, -0.25) is 19.1 Å². The molecule has 0 saturated carbocycles. The third-order valence-electron chi connectivity index (χ3n) is 5.91. The number of anilines is 1. The van der Waals surface area contributed by atoms with Crippen molar-refractivity contribution < 1.29 is 19.0 Å². The Hall–Kier alpha value is -5.18. The molecular formula is C29H24N4O5. The Morgan fingerprint density at radius 3 is 2.26 bits per heavy atom. The van der Waals surface area contributed by atoms with Crippen LogP contribution in [0.25, 0.3) is 16.6 Å². The number of pyridine rings is 1. The Bertz CT molecular complexity index is 1680. The molecule has 38 heavy (non-hydrogen) atoms. The van der Waals surface area contributed by atoms with Gasteiger partial charge in [0.2, 0.25) is 0 Å². The zero-order chi connectivity index (χ0) is 26.6. The number of carbonyl (C=O) groups excluding carboxylic acids is 1. The van der Waals surface area contributed by atoms with Crippen molar-refractivity contribution in [3.63, 3.8) is 0 Å². The maximum absolute atomic E-state index is 12.9. The summed E-state index contributed by atoms with van der Waals surface area (Å²) in [5.41, 5.74) is 2.18. The molecular weight excluding hydrogens is 484 g/mol. The molecule has 2 heterocycles. The van der Waals surface area contributed by atoms with Crippen molar-refractivity contribution in [1.82, 2.24) is 14.5 Å². The van der Waals surface area contributed by atoms with Crippen LogP contribution < -0.4 is 25.1 Å². The molecule has 1 N–H and O–H groups in total. The van der Waals surface area contributed by atoms with Crippen molar-refractivity contribution in [2.45, 2.75) is 6.92 Å². The third-order valence-corrected chi connectivity index (χ3v) is 5.91. The summed E-state index contributed by atoms with van der Waals surface area (Å²) < 4.78 is 18.2. The van der Waals surface area contributed by atoms with E-state index in [-0.39, 0.29) is 5.69 Å². The molecule has 0 unspecified atom stereocenters. The average Bonchev–Trinajstić information content (AvgIpc) is 2.94. The number of hydrogen-bond acceptors (Lipinski definition) is 7. The van der Waals surface area contributed by atoms with Gasteiger partial charge in [-0.15, -0.1) is 0 Å². The van der Waals surface area contributed by atoms with Gasteiger partial charge in [-0.2, -0.15) is 0 Å². The van der Waals surface area contributed by atoms with Gasteiger partial charge in [0.15, 0.2) is 17.2 Å². The normalized spacial score (nSPS) is 10.7. The molecule has 0 aliphatic carbocycles. The molecule has 1 amide bonds. The van der Waals surface area contributed by atoms with Gasteiger partial charge in [-0.05, 0) is 55.5 Å². The zero-order valence-electron chi connectivity index (χ0n) is 21.0. The van der Waals surface area contributed by atoms with E-state index in [0.29, 0.717) is 39.9 Å². The van der Waals surface area contributed by atoms with Gasteiger partial charge in [0.1, 0.15) is 11.5 Å². The number of nitrogens with zero attached hydrogens (tertiary/aromatic N) is 3. The van der Waals surface area contributed by atoms with E-state index in [4.69, 9.17) is 14.2 Å². The molecule has 0 aliphatic heterocycles. The second kappa shape index (κ2) is 10.4. The van der Waals surface area contributed by atoms with Crippen molar-refractivity contribution in [1.29, 1.82) is 0 Å². The predicted octanol–water partition coefficient (Wildman–Crippen LogP) is 5.15. The van der Waals surface area contributed by atoms with Crippen LogP contribution in [0, 0.1) is 6.92 Å². The van der Waals surface area contributed by atoms with E-state index < -0.39 is 11.5 Å². The number of ether oxygens (including phenoxy) is 3. The van der Waals surface area contributed by atoms with Crippen molar-refractivity contribution in [2.75, 3.05) is 19.5 Å². The van der Waals surface area contributed by atoms with E-state index in [9.17, 15) is 9.59 Å². The molecule has 0 bridgehead atoms. The van der Waals surface area contributed by atoms with E-state index in [1.807, 2.05) is 31.2 Å². The van der Waals surface area contributed by atoms with Gasteiger partial charge in [-0.25, -0.2) is 4.98 Å². The Labute approximate surface area is 218 Å². The number of rotatable bonds is 7. The minimum atomic E-state index is -0.605. The summed E-state index contributed by atoms with van der Waals surface area (Å²) in [7, 11) is 3.13. The number of aryl methyl sites for hydroxylation is 1. The molecule has 2 aromatic heterocycles. The summed E-state index contributed by atoms with van der Waals surface area (Å²) in [4.78, 5) is 34.2. The Balaban J connectivity index is 1.34. The molecule has 190 valence electrons. The fraction of sp³-hybridized carbons (Fsp3) is 0.103. The average molecular weight is 509 g/mol. The summed E-state index contributed by atoms with van der Waals surface area (Å²) in [6.07, 6.45) is 4.61. The van der Waals surface area contributed by atoms with Crippen LogP contribution in [0.4, 0.5) is 5.69 Å². The number of aromatic nitrogens is 3. The minimum absolute atomic E-state index is 0.207. The number of hydrogen-bond donors (Lipinski definition) is 1. The second-order valence-corrected chi connectivity index (χ2v) is 8.40. The summed E-state index contributed by atoms with van der Waals surface area (Å²) in [5.74, 6) is 1.66. The molecule has 0 spiro atoms. The first-order valence-corrected chi connectivity index (χ1v) is 11.7. The van der Waals surface area contributed by atoms with Gasteiger partial charge in [0, 0.05) is 41.4 Å². The Kier molecular flexibility index (Phi) is 6.73. The highest BCUT2D eigenvalue weighted by Gasteiger charge is 2.16. The van der Waals surface area contributed by atoms with Gasteiger partial charge < -0.3 is 19.5 Å². The molecule has 0 radical (unpaired) electrons. The Morgan fingerprint density at radius 2 is 1.55 bits per heavy atom. The van der Waals surface area contributed by atoms with Gasteiger partial charge in [0.05, 0.1) is 19.7 Å². The van der Waals surface area contributed by atoms with Crippen molar-refractivity contribution in [3.8, 4) is 28.7 Å². The fourth-order valence-corrected chi connectivity index (χ4v) is 3.94. The number of benzene rings is 3. The standard InChI is InChI=1S/C29H24N4O5/c1-18-4-8-20(9-5-18)33-15-14-31-27(29(33)35)28(34)32-19-6-10-21(11-7-19)38-24-12-13-30-23-17-26(37-3)25(36-2)16-22(23)24/h4-17H,1-3H3,(H,32,34). The first kappa shape index (κ1) is 24.5. The molecule has 9 heteroatoms. The van der Waals surface area contributed by atoms with Crippen LogP contribution in [0.2, 0.25) is 0 Å². The molecule has 5 aromatic rings. The number of fused-ring (bicyclic) bond motifs is 1. The van der Waals surface area contributed by atoms with Crippen LogP contribution in [0.5, 0.6) is 23.0 Å². The largest absolute Gasteiger partial charge is 0.493 e. The fourth-order valence-electron chi connectivity index (χ4n) is 3.94. The van der Waals surface area contributed by atoms with Gasteiger partial charge >= 0.3 is 0 Å². The zero-order valence-corrected chi connectivity index (χ0v) is 21.0. The monoisotopic (exact) mass is 508 g/mol. The number of carbonyl (C=O) groups is 1. The maximum Gasteiger partial charge on any atom is 0.286 e. The molecule has 3 aromatic carbocycles. The SMILES string of the molecule is COc1cc2nccc(Oc3ccc(NC(=O)c4nccn(-c5ccc(C)cc5)c4=O)cc3)c2cc1OC. The van der Waals surface area contributed by atoms with E-state index in [0.717, 1.165) is 10.9 Å². The quantitative estimate of drug-likeness (QED) is 0.324.